The van der Waals surface area contributed by atoms with Crippen LogP contribution in [0, 0.1) is 0 Å². The van der Waals surface area contributed by atoms with Crippen molar-refractivity contribution in [2.45, 2.75) is 13.2 Å². The number of aromatic carboxylic acids is 1. The third kappa shape index (κ3) is 6.94. The fraction of sp³-hybridized carbons (Fsp3) is 0.0645. The lowest BCUT2D eigenvalue weighted by molar-refractivity contribution is -0.122. The number of carboxylic acid groups (broad SMARTS) is 1. The molecule has 6 nitrogen and oxygen atoms in total. The number of benzene rings is 4. The summed E-state index contributed by atoms with van der Waals surface area (Å²) in [5.41, 5.74) is 3.04. The van der Waals surface area contributed by atoms with E-state index in [1.165, 1.54) is 23.9 Å². The van der Waals surface area contributed by atoms with E-state index in [1.807, 2.05) is 48.5 Å². The third-order valence-corrected chi connectivity index (χ3v) is 8.00. The Kier molecular flexibility index (Phi) is 9.00. The summed E-state index contributed by atoms with van der Waals surface area (Å²) in [6.07, 6.45) is 1.71. The van der Waals surface area contributed by atoms with Gasteiger partial charge in [0, 0.05) is 10.6 Å². The molecular weight excluding hydrogens is 603 g/mol. The number of nitrogens with zero attached hydrogens (tertiary/aromatic N) is 2. The van der Waals surface area contributed by atoms with E-state index in [-0.39, 0.29) is 24.6 Å². The zero-order chi connectivity index (χ0) is 28.9. The second-order valence-electron chi connectivity index (χ2n) is 8.93. The van der Waals surface area contributed by atoms with Crippen molar-refractivity contribution < 1.29 is 19.4 Å². The molecule has 0 atom stereocenters. The smallest absolute Gasteiger partial charge is 0.335 e. The summed E-state index contributed by atoms with van der Waals surface area (Å²) in [6.45, 7) is 0.403. The van der Waals surface area contributed by atoms with Crippen LogP contribution >= 0.6 is 46.6 Å². The molecule has 4 aromatic carbocycles. The third-order valence-electron chi connectivity index (χ3n) is 6.06. The van der Waals surface area contributed by atoms with E-state index in [4.69, 9.17) is 44.5 Å². The highest BCUT2D eigenvalue weighted by Crippen LogP contribution is 2.39. The zero-order valence-corrected chi connectivity index (χ0v) is 24.3. The Morgan fingerprint density at radius 3 is 2.22 bits per heavy atom. The molecule has 10 heteroatoms. The second kappa shape index (κ2) is 12.8. The Morgan fingerprint density at radius 2 is 1.56 bits per heavy atom. The number of halogens is 3. The maximum absolute atomic E-state index is 13.6. The molecule has 206 valence electrons. The summed E-state index contributed by atoms with van der Waals surface area (Å²) in [4.78, 5) is 31.5. The number of ether oxygens (including phenoxy) is 1. The van der Waals surface area contributed by atoms with Gasteiger partial charge in [-0.05, 0) is 71.4 Å². The van der Waals surface area contributed by atoms with Crippen molar-refractivity contribution in [1.82, 2.24) is 4.90 Å². The quantitative estimate of drug-likeness (QED) is 0.199. The summed E-state index contributed by atoms with van der Waals surface area (Å²) >= 11 is 20.5. The topological polar surface area (TPSA) is 79.2 Å². The summed E-state index contributed by atoms with van der Waals surface area (Å²) < 4.78 is 5.87. The summed E-state index contributed by atoms with van der Waals surface area (Å²) in [6, 6.07) is 26.4. The van der Waals surface area contributed by atoms with E-state index < -0.39 is 5.97 Å². The second-order valence-corrected chi connectivity index (χ2v) is 11.2. The molecule has 1 N–H and O–H groups in total. The maximum atomic E-state index is 13.6. The number of carbonyl (C=O) groups is 2. The van der Waals surface area contributed by atoms with Crippen LogP contribution in [0.15, 0.2) is 101 Å². The molecule has 1 aliphatic rings. The van der Waals surface area contributed by atoms with E-state index in [0.717, 1.165) is 11.1 Å². The number of rotatable bonds is 8. The van der Waals surface area contributed by atoms with E-state index in [1.54, 1.807) is 41.3 Å². The number of carbonyl (C=O) groups excluding carboxylic acids is 1. The van der Waals surface area contributed by atoms with Crippen LogP contribution in [0.3, 0.4) is 0 Å². The van der Waals surface area contributed by atoms with E-state index in [0.29, 0.717) is 42.1 Å². The van der Waals surface area contributed by atoms with Crippen LogP contribution in [-0.4, -0.2) is 27.1 Å². The lowest BCUT2D eigenvalue weighted by Gasteiger charge is -2.16. The number of amides is 1. The normalized spacial score (nSPS) is 15.1. The summed E-state index contributed by atoms with van der Waals surface area (Å²) in [5, 5.41) is 10.9. The Morgan fingerprint density at radius 1 is 0.902 bits per heavy atom. The number of aliphatic imine (C=N–C) groups is 1. The number of amidine groups is 1. The fourth-order valence-electron chi connectivity index (χ4n) is 4.00. The van der Waals surface area contributed by atoms with Gasteiger partial charge in [-0.15, -0.1) is 0 Å². The molecule has 0 aliphatic carbocycles. The highest BCUT2D eigenvalue weighted by molar-refractivity contribution is 8.18. The molecule has 0 radical (unpaired) electrons. The molecule has 0 saturated carbocycles. The highest BCUT2D eigenvalue weighted by Gasteiger charge is 2.33. The highest BCUT2D eigenvalue weighted by atomic mass is 35.5. The van der Waals surface area contributed by atoms with Crippen molar-refractivity contribution >= 4 is 75.4 Å². The average molecular weight is 624 g/mol. The number of thioether (sulfide) groups is 1. The molecule has 0 bridgehead atoms. The van der Waals surface area contributed by atoms with Gasteiger partial charge in [0.1, 0.15) is 6.61 Å². The lowest BCUT2D eigenvalue weighted by Crippen LogP contribution is -2.28. The first kappa shape index (κ1) is 28.8. The predicted octanol–water partition coefficient (Wildman–Crippen LogP) is 8.73. The predicted molar refractivity (Wildman–Crippen MR) is 165 cm³/mol. The molecule has 0 spiro atoms. The Balaban J connectivity index is 1.41. The molecule has 0 unspecified atom stereocenters. The number of carboxylic acids is 1. The van der Waals surface area contributed by atoms with Gasteiger partial charge in [0.05, 0.1) is 32.7 Å². The fourth-order valence-corrected chi connectivity index (χ4v) is 5.80. The number of hydrogen-bond donors (Lipinski definition) is 1. The molecule has 1 amide bonds. The molecule has 1 fully saturated rings. The summed E-state index contributed by atoms with van der Waals surface area (Å²) in [7, 11) is 0. The molecular formula is C31H21Cl3N2O4S. The van der Waals surface area contributed by atoms with Crippen LogP contribution in [0.1, 0.15) is 27.0 Å². The van der Waals surface area contributed by atoms with Crippen LogP contribution in [0.4, 0.5) is 5.69 Å². The minimum Gasteiger partial charge on any atom is -0.486 e. The number of para-hydroxylation sites is 1. The van der Waals surface area contributed by atoms with Gasteiger partial charge >= 0.3 is 5.97 Å². The van der Waals surface area contributed by atoms with E-state index >= 15 is 0 Å². The molecule has 1 aliphatic heterocycles. The number of hydrogen-bond acceptors (Lipinski definition) is 5. The molecule has 1 heterocycles. The minimum atomic E-state index is -1.02. The van der Waals surface area contributed by atoms with Crippen LogP contribution in [0.2, 0.25) is 15.1 Å². The van der Waals surface area contributed by atoms with Gasteiger partial charge in [0.25, 0.3) is 5.91 Å². The molecule has 4 aromatic rings. The van der Waals surface area contributed by atoms with E-state index in [2.05, 4.69) is 0 Å². The van der Waals surface area contributed by atoms with Crippen LogP contribution in [0.5, 0.6) is 5.75 Å². The monoisotopic (exact) mass is 622 g/mol. The SMILES string of the molecule is O=C(O)c1ccc(CN2C(=O)C(=Cc3cc(Cl)c(OCc4ccccc4Cl)c(Cl)c3)SC2=Nc2ccccc2)cc1. The van der Waals surface area contributed by atoms with Gasteiger partial charge in [-0.1, -0.05) is 83.3 Å². The van der Waals surface area contributed by atoms with Crippen molar-refractivity contribution in [3.8, 4) is 5.75 Å². The van der Waals surface area contributed by atoms with Crippen molar-refractivity contribution in [2.75, 3.05) is 0 Å². The largest absolute Gasteiger partial charge is 0.486 e. The average Bonchev–Trinajstić information content (AvgIpc) is 3.23. The van der Waals surface area contributed by atoms with Crippen molar-refractivity contribution in [2.24, 2.45) is 4.99 Å². The van der Waals surface area contributed by atoms with Gasteiger partial charge in [0.15, 0.2) is 10.9 Å². The van der Waals surface area contributed by atoms with Gasteiger partial charge in [-0.2, -0.15) is 0 Å². The van der Waals surface area contributed by atoms with Crippen molar-refractivity contribution in [3.05, 3.63) is 133 Å². The minimum absolute atomic E-state index is 0.169. The Hall–Kier alpha value is -3.75. The van der Waals surface area contributed by atoms with Gasteiger partial charge in [-0.3, -0.25) is 9.69 Å². The van der Waals surface area contributed by atoms with Crippen LogP contribution in [-0.2, 0) is 17.9 Å². The first-order chi connectivity index (χ1) is 19.8. The van der Waals surface area contributed by atoms with Crippen molar-refractivity contribution in [1.29, 1.82) is 0 Å². The van der Waals surface area contributed by atoms with Gasteiger partial charge < -0.3 is 9.84 Å². The van der Waals surface area contributed by atoms with E-state index in [9.17, 15) is 14.7 Å². The standard InChI is InChI=1S/C31H21Cl3N2O4S/c32-24-9-5-4-6-22(24)18-40-28-25(33)14-20(15-26(28)34)16-27-29(37)36(17-19-10-12-21(13-11-19)30(38)39)31(41-27)35-23-7-2-1-3-8-23/h1-16H,17-18H2,(H,38,39). The van der Waals surface area contributed by atoms with Crippen molar-refractivity contribution in [3.63, 3.8) is 0 Å². The Bertz CT molecular complexity index is 1650. The van der Waals surface area contributed by atoms with Gasteiger partial charge in [-0.25, -0.2) is 9.79 Å². The molecule has 41 heavy (non-hydrogen) atoms. The first-order valence-electron chi connectivity index (χ1n) is 12.3. The zero-order valence-electron chi connectivity index (χ0n) is 21.3. The van der Waals surface area contributed by atoms with Crippen LogP contribution < -0.4 is 4.74 Å². The summed E-state index contributed by atoms with van der Waals surface area (Å²) in [5.74, 6) is -0.949. The lowest BCUT2D eigenvalue weighted by atomic mass is 10.1. The van der Waals surface area contributed by atoms with Gasteiger partial charge in [0.2, 0.25) is 0 Å². The molecule has 5 rings (SSSR count). The maximum Gasteiger partial charge on any atom is 0.335 e. The Labute approximate surface area is 255 Å². The molecule has 1 saturated heterocycles. The van der Waals surface area contributed by atoms with Crippen LogP contribution in [0.25, 0.3) is 6.08 Å². The molecule has 0 aromatic heterocycles. The first-order valence-corrected chi connectivity index (χ1v) is 14.3.